The fourth-order valence-corrected chi connectivity index (χ4v) is 2.17. The average Bonchev–Trinajstić information content (AvgIpc) is 2.29. The van der Waals surface area contributed by atoms with Crippen LogP contribution in [0, 0.1) is 10.1 Å². The maximum Gasteiger partial charge on any atom is 0.329 e. The van der Waals surface area contributed by atoms with Crippen LogP contribution in [0.25, 0.3) is 0 Å². The Hall–Kier alpha value is -1.89. The van der Waals surface area contributed by atoms with E-state index in [1.54, 1.807) is 6.92 Å². The first kappa shape index (κ1) is 13.2. The van der Waals surface area contributed by atoms with Crippen LogP contribution in [-0.4, -0.2) is 19.9 Å². The summed E-state index contributed by atoms with van der Waals surface area (Å²) in [4.78, 5) is 9.72. The molecule has 0 aromatic heterocycles. The van der Waals surface area contributed by atoms with Crippen molar-refractivity contribution < 1.29 is 18.1 Å². The third-order valence-electron chi connectivity index (χ3n) is 1.97. The fourth-order valence-electron chi connectivity index (χ4n) is 1.27. The minimum absolute atomic E-state index is 0.0691. The van der Waals surface area contributed by atoms with Crippen molar-refractivity contribution in [3.63, 3.8) is 0 Å². The van der Waals surface area contributed by atoms with Crippen molar-refractivity contribution in [3.05, 3.63) is 40.3 Å². The molecule has 0 aliphatic rings. The highest BCUT2D eigenvalue weighted by Gasteiger charge is 2.27. The minimum atomic E-state index is -3.87. The number of sulfone groups is 1. The molecule has 1 aromatic carbocycles. The van der Waals surface area contributed by atoms with Gasteiger partial charge < -0.3 is 4.74 Å². The van der Waals surface area contributed by atoms with Gasteiger partial charge in [-0.3, -0.25) is 10.1 Å². The van der Waals surface area contributed by atoms with Crippen LogP contribution in [0.2, 0.25) is 0 Å². The monoisotopic (exact) mass is 257 g/mol. The SMILES string of the molecule is C=CS(=O)(=O)c1cccc(OCC)c1[N+](=O)[O-]. The zero-order chi connectivity index (χ0) is 13.1. The Morgan fingerprint density at radius 2 is 2.18 bits per heavy atom. The number of rotatable bonds is 5. The summed E-state index contributed by atoms with van der Waals surface area (Å²) in [6.07, 6.45) is 0. The number of nitrogens with zero attached hydrogens (tertiary/aromatic N) is 1. The van der Waals surface area contributed by atoms with Crippen molar-refractivity contribution in [2.24, 2.45) is 0 Å². The second-order valence-corrected chi connectivity index (χ2v) is 4.87. The van der Waals surface area contributed by atoms with Gasteiger partial charge in [-0.15, -0.1) is 0 Å². The van der Waals surface area contributed by atoms with Crippen molar-refractivity contribution >= 4 is 15.5 Å². The third kappa shape index (κ3) is 2.62. The highest BCUT2D eigenvalue weighted by Crippen LogP contribution is 2.34. The van der Waals surface area contributed by atoms with E-state index in [1.165, 1.54) is 12.1 Å². The van der Waals surface area contributed by atoms with Crippen LogP contribution in [0.15, 0.2) is 35.1 Å². The minimum Gasteiger partial charge on any atom is -0.487 e. The van der Waals surface area contributed by atoms with Gasteiger partial charge in [0.1, 0.15) is 0 Å². The standard InChI is InChI=1S/C10H11NO5S/c1-3-16-8-6-5-7-9(10(8)11(12)13)17(14,15)4-2/h4-7H,2-3H2,1H3. The van der Waals surface area contributed by atoms with E-state index in [2.05, 4.69) is 6.58 Å². The molecule has 0 bridgehead atoms. The molecule has 0 radical (unpaired) electrons. The first-order valence-corrected chi connectivity index (χ1v) is 6.26. The Balaban J connectivity index is 3.57. The second-order valence-electron chi connectivity index (χ2n) is 3.00. The summed E-state index contributed by atoms with van der Waals surface area (Å²) in [5.74, 6) is -0.0691. The van der Waals surface area contributed by atoms with Gasteiger partial charge >= 0.3 is 5.69 Å². The number of nitro benzene ring substituents is 1. The van der Waals surface area contributed by atoms with Crippen LogP contribution in [0.5, 0.6) is 5.75 Å². The van der Waals surface area contributed by atoms with Crippen molar-refractivity contribution in [2.45, 2.75) is 11.8 Å². The van der Waals surface area contributed by atoms with Gasteiger partial charge in [-0.2, -0.15) is 0 Å². The number of para-hydroxylation sites is 1. The molecule has 0 saturated carbocycles. The van der Waals surface area contributed by atoms with Crippen molar-refractivity contribution in [2.75, 3.05) is 6.61 Å². The molecular formula is C10H11NO5S. The van der Waals surface area contributed by atoms with Crippen molar-refractivity contribution in [1.82, 2.24) is 0 Å². The molecule has 1 aromatic rings. The summed E-state index contributed by atoms with van der Waals surface area (Å²) in [6, 6.07) is 3.88. The molecule has 0 N–H and O–H groups in total. The Labute approximate surface area is 98.6 Å². The molecule has 0 unspecified atom stereocenters. The largest absolute Gasteiger partial charge is 0.487 e. The summed E-state index contributed by atoms with van der Waals surface area (Å²) < 4.78 is 28.2. The molecule has 0 saturated heterocycles. The zero-order valence-electron chi connectivity index (χ0n) is 9.12. The van der Waals surface area contributed by atoms with Gasteiger partial charge in [0.25, 0.3) is 0 Å². The molecule has 0 aliphatic heterocycles. The van der Waals surface area contributed by atoms with E-state index in [0.717, 1.165) is 6.07 Å². The Morgan fingerprint density at radius 1 is 1.53 bits per heavy atom. The zero-order valence-corrected chi connectivity index (χ0v) is 9.94. The first-order valence-electron chi connectivity index (χ1n) is 4.71. The molecule has 0 fully saturated rings. The van der Waals surface area contributed by atoms with Crippen molar-refractivity contribution in [3.8, 4) is 5.75 Å². The normalized spacial score (nSPS) is 10.9. The fraction of sp³-hybridized carbons (Fsp3) is 0.200. The average molecular weight is 257 g/mol. The quantitative estimate of drug-likeness (QED) is 0.594. The van der Waals surface area contributed by atoms with Crippen molar-refractivity contribution in [1.29, 1.82) is 0 Å². The molecule has 92 valence electrons. The third-order valence-corrected chi connectivity index (χ3v) is 3.35. The van der Waals surface area contributed by atoms with Gasteiger partial charge in [0, 0.05) is 5.41 Å². The summed E-state index contributed by atoms with van der Waals surface area (Å²) in [7, 11) is -3.87. The molecular weight excluding hydrogens is 246 g/mol. The van der Waals surface area contributed by atoms with E-state index in [0.29, 0.717) is 5.41 Å². The van der Waals surface area contributed by atoms with Gasteiger partial charge in [0.15, 0.2) is 10.6 Å². The van der Waals surface area contributed by atoms with E-state index in [9.17, 15) is 18.5 Å². The topological polar surface area (TPSA) is 86.5 Å². The lowest BCUT2D eigenvalue weighted by Crippen LogP contribution is -2.04. The highest BCUT2D eigenvalue weighted by molar-refractivity contribution is 7.94. The number of nitro groups is 1. The van der Waals surface area contributed by atoms with E-state index in [-0.39, 0.29) is 12.4 Å². The van der Waals surface area contributed by atoms with E-state index in [4.69, 9.17) is 4.74 Å². The number of hydrogen-bond acceptors (Lipinski definition) is 5. The lowest BCUT2D eigenvalue weighted by atomic mass is 10.3. The van der Waals surface area contributed by atoms with Crippen LogP contribution < -0.4 is 4.74 Å². The molecule has 0 spiro atoms. The van der Waals surface area contributed by atoms with E-state index < -0.39 is 25.3 Å². The molecule has 0 amide bonds. The lowest BCUT2D eigenvalue weighted by Gasteiger charge is -2.06. The molecule has 0 atom stereocenters. The van der Waals surface area contributed by atoms with Gasteiger partial charge in [-0.25, -0.2) is 8.42 Å². The second kappa shape index (κ2) is 4.96. The smallest absolute Gasteiger partial charge is 0.329 e. The Bertz CT molecular complexity index is 550. The molecule has 1 rings (SSSR count). The number of benzene rings is 1. The molecule has 0 aliphatic carbocycles. The highest BCUT2D eigenvalue weighted by atomic mass is 32.2. The number of ether oxygens (including phenoxy) is 1. The van der Waals surface area contributed by atoms with Gasteiger partial charge in [0.05, 0.1) is 11.5 Å². The molecule has 0 heterocycles. The molecule has 7 heteroatoms. The molecule has 6 nitrogen and oxygen atoms in total. The maximum absolute atomic E-state index is 11.6. The van der Waals surface area contributed by atoms with Crippen LogP contribution in [0.4, 0.5) is 5.69 Å². The summed E-state index contributed by atoms with van der Waals surface area (Å²) in [6.45, 7) is 4.99. The van der Waals surface area contributed by atoms with Gasteiger partial charge in [-0.1, -0.05) is 12.6 Å². The van der Waals surface area contributed by atoms with Crippen LogP contribution in [0.1, 0.15) is 6.92 Å². The predicted octanol–water partition coefficient (Wildman–Crippen LogP) is 1.91. The predicted molar refractivity (Wildman–Crippen MR) is 61.6 cm³/mol. The van der Waals surface area contributed by atoms with Gasteiger partial charge in [-0.05, 0) is 19.1 Å². The van der Waals surface area contributed by atoms with Gasteiger partial charge in [0.2, 0.25) is 9.84 Å². The maximum atomic E-state index is 11.6. The molecule has 17 heavy (non-hydrogen) atoms. The summed E-state index contributed by atoms with van der Waals surface area (Å²) in [5.41, 5.74) is -0.561. The van der Waals surface area contributed by atoms with Crippen LogP contribution in [0.3, 0.4) is 0 Å². The van der Waals surface area contributed by atoms with Crippen LogP contribution >= 0.6 is 0 Å². The Morgan fingerprint density at radius 3 is 2.65 bits per heavy atom. The van der Waals surface area contributed by atoms with E-state index in [1.807, 2.05) is 0 Å². The summed E-state index contributed by atoms with van der Waals surface area (Å²) >= 11 is 0. The Kier molecular flexibility index (Phi) is 3.84. The number of hydrogen-bond donors (Lipinski definition) is 0. The van der Waals surface area contributed by atoms with Crippen LogP contribution in [-0.2, 0) is 9.84 Å². The van der Waals surface area contributed by atoms with E-state index >= 15 is 0 Å². The lowest BCUT2D eigenvalue weighted by molar-refractivity contribution is -0.388. The summed E-state index contributed by atoms with van der Waals surface area (Å²) in [5, 5.41) is 11.6. The first-order chi connectivity index (χ1) is 7.94.